The Morgan fingerprint density at radius 3 is 2.60 bits per heavy atom. The van der Waals surface area contributed by atoms with Gasteiger partial charge in [-0.2, -0.15) is 0 Å². The van der Waals surface area contributed by atoms with Crippen LogP contribution in [0.1, 0.15) is 28.2 Å². The number of carbonyl (C=O) groups is 1. The zero-order chi connectivity index (χ0) is 11.6. The Morgan fingerprint density at radius 1 is 1.60 bits per heavy atom. The second-order valence-electron chi connectivity index (χ2n) is 2.78. The quantitative estimate of drug-likeness (QED) is 0.693. The number of nitrogen functional groups attached to an aromatic ring is 1. The molecular weight excluding hydrogens is 208 g/mol. The molecule has 0 aliphatic heterocycles. The molecule has 0 saturated carbocycles. The smallest absolute Gasteiger partial charge is 0.356 e. The molecule has 5 nitrogen and oxygen atoms in total. The van der Waals surface area contributed by atoms with Crippen LogP contribution in [0.4, 0.5) is 14.5 Å². The van der Waals surface area contributed by atoms with Gasteiger partial charge in [-0.25, -0.2) is 18.6 Å². The van der Waals surface area contributed by atoms with Gasteiger partial charge in [0.25, 0.3) is 6.43 Å². The number of hydrogen-bond donors (Lipinski definition) is 3. The van der Waals surface area contributed by atoms with E-state index in [-0.39, 0.29) is 17.8 Å². The van der Waals surface area contributed by atoms with Crippen LogP contribution in [0.25, 0.3) is 0 Å². The maximum Gasteiger partial charge on any atom is 0.356 e. The lowest BCUT2D eigenvalue weighted by Crippen LogP contribution is -2.13. The second kappa shape index (κ2) is 4.18. The maximum atomic E-state index is 12.3. The van der Waals surface area contributed by atoms with E-state index in [2.05, 4.69) is 4.98 Å². The summed E-state index contributed by atoms with van der Waals surface area (Å²) in [7, 11) is 0. The Bertz CT molecular complexity index is 396. The van der Waals surface area contributed by atoms with Crippen LogP contribution in [0.3, 0.4) is 0 Å². The molecular formula is C8H9F2N3O2. The molecule has 0 unspecified atom stereocenters. The van der Waals surface area contributed by atoms with Crippen molar-refractivity contribution in [3.05, 3.63) is 23.0 Å². The summed E-state index contributed by atoms with van der Waals surface area (Å²) in [6.07, 6.45) is -2.85. The number of carboxylic acids is 1. The van der Waals surface area contributed by atoms with Gasteiger partial charge >= 0.3 is 5.97 Å². The number of nitrogens with two attached hydrogens (primary N) is 2. The van der Waals surface area contributed by atoms with Crippen LogP contribution in [0.15, 0.2) is 6.07 Å². The predicted octanol–water partition coefficient (Wildman–Crippen LogP) is 0.758. The molecule has 0 amide bonds. The molecule has 7 heteroatoms. The van der Waals surface area contributed by atoms with Gasteiger partial charge < -0.3 is 16.6 Å². The van der Waals surface area contributed by atoms with Crippen molar-refractivity contribution in [2.45, 2.75) is 13.0 Å². The summed E-state index contributed by atoms with van der Waals surface area (Å²) < 4.78 is 24.6. The van der Waals surface area contributed by atoms with Gasteiger partial charge in [0, 0.05) is 6.54 Å². The molecule has 82 valence electrons. The normalized spacial score (nSPS) is 10.7. The minimum atomic E-state index is -2.85. The number of anilines is 1. The number of alkyl halides is 2. The average Bonchev–Trinajstić information content (AvgIpc) is 2.17. The van der Waals surface area contributed by atoms with Crippen molar-refractivity contribution >= 4 is 11.7 Å². The molecule has 0 saturated heterocycles. The van der Waals surface area contributed by atoms with E-state index < -0.39 is 23.8 Å². The summed E-state index contributed by atoms with van der Waals surface area (Å²) in [4.78, 5) is 13.9. The lowest BCUT2D eigenvalue weighted by atomic mass is 10.1. The van der Waals surface area contributed by atoms with Gasteiger partial charge in [0.1, 0.15) is 5.69 Å². The van der Waals surface area contributed by atoms with Crippen LogP contribution in [0, 0.1) is 0 Å². The first kappa shape index (κ1) is 11.3. The SMILES string of the molecule is NCc1cc(C(F)F)nc(C(=O)O)c1N. The molecule has 0 bridgehead atoms. The van der Waals surface area contributed by atoms with Gasteiger partial charge in [0.05, 0.1) is 5.69 Å². The molecule has 5 N–H and O–H groups in total. The first-order chi connectivity index (χ1) is 6.97. The highest BCUT2D eigenvalue weighted by Gasteiger charge is 2.18. The molecule has 0 aliphatic carbocycles. The van der Waals surface area contributed by atoms with E-state index in [1.54, 1.807) is 0 Å². The average molecular weight is 217 g/mol. The summed E-state index contributed by atoms with van der Waals surface area (Å²) in [6, 6.07) is 1.01. The second-order valence-corrected chi connectivity index (χ2v) is 2.78. The van der Waals surface area contributed by atoms with Crippen molar-refractivity contribution in [1.29, 1.82) is 0 Å². The maximum absolute atomic E-state index is 12.3. The van der Waals surface area contributed by atoms with Crippen molar-refractivity contribution in [2.24, 2.45) is 5.73 Å². The number of aromatic carboxylic acids is 1. The van der Waals surface area contributed by atoms with Crippen molar-refractivity contribution in [2.75, 3.05) is 5.73 Å². The van der Waals surface area contributed by atoms with Gasteiger partial charge in [0.2, 0.25) is 0 Å². The van der Waals surface area contributed by atoms with E-state index in [9.17, 15) is 13.6 Å². The van der Waals surface area contributed by atoms with Crippen LogP contribution in [-0.2, 0) is 6.54 Å². The molecule has 1 aromatic heterocycles. The lowest BCUT2D eigenvalue weighted by Gasteiger charge is -2.08. The Morgan fingerprint density at radius 2 is 2.20 bits per heavy atom. The first-order valence-corrected chi connectivity index (χ1v) is 3.98. The number of aromatic nitrogens is 1. The fraction of sp³-hybridized carbons (Fsp3) is 0.250. The predicted molar refractivity (Wildman–Crippen MR) is 48.5 cm³/mol. The minimum absolute atomic E-state index is 0.117. The summed E-state index contributed by atoms with van der Waals surface area (Å²) >= 11 is 0. The monoisotopic (exact) mass is 217 g/mol. The number of rotatable bonds is 3. The third-order valence-corrected chi connectivity index (χ3v) is 1.81. The molecule has 0 radical (unpaired) electrons. The van der Waals surface area contributed by atoms with Crippen LogP contribution in [0.2, 0.25) is 0 Å². The zero-order valence-electron chi connectivity index (χ0n) is 7.58. The number of nitrogens with zero attached hydrogens (tertiary/aromatic N) is 1. The molecule has 0 aliphatic rings. The lowest BCUT2D eigenvalue weighted by molar-refractivity contribution is 0.0690. The van der Waals surface area contributed by atoms with Crippen LogP contribution in [-0.4, -0.2) is 16.1 Å². The Kier molecular flexibility index (Phi) is 3.15. The van der Waals surface area contributed by atoms with E-state index in [1.807, 2.05) is 0 Å². The van der Waals surface area contributed by atoms with Gasteiger partial charge in [-0.15, -0.1) is 0 Å². The van der Waals surface area contributed by atoms with Crippen molar-refractivity contribution in [3.8, 4) is 0 Å². The highest BCUT2D eigenvalue weighted by Crippen LogP contribution is 2.23. The molecule has 15 heavy (non-hydrogen) atoms. The molecule has 1 heterocycles. The largest absolute Gasteiger partial charge is 0.476 e. The van der Waals surface area contributed by atoms with E-state index in [0.717, 1.165) is 6.07 Å². The van der Waals surface area contributed by atoms with Crippen molar-refractivity contribution in [1.82, 2.24) is 4.98 Å². The van der Waals surface area contributed by atoms with Crippen molar-refractivity contribution < 1.29 is 18.7 Å². The molecule has 0 spiro atoms. The van der Waals surface area contributed by atoms with E-state index in [4.69, 9.17) is 16.6 Å². The van der Waals surface area contributed by atoms with Crippen LogP contribution >= 0.6 is 0 Å². The standard InChI is InChI=1S/C8H9F2N3O2/c9-7(10)4-1-3(2-11)5(12)6(13-4)8(14)15/h1,7H,2,11-12H2,(H,14,15). The highest BCUT2D eigenvalue weighted by molar-refractivity contribution is 5.92. The molecule has 1 rings (SSSR count). The van der Waals surface area contributed by atoms with Crippen LogP contribution in [0.5, 0.6) is 0 Å². The fourth-order valence-electron chi connectivity index (χ4n) is 1.07. The minimum Gasteiger partial charge on any atom is -0.476 e. The fourth-order valence-corrected chi connectivity index (χ4v) is 1.07. The van der Waals surface area contributed by atoms with Gasteiger partial charge in [-0.05, 0) is 11.6 Å². The molecule has 0 atom stereocenters. The Balaban J connectivity index is 3.38. The van der Waals surface area contributed by atoms with E-state index >= 15 is 0 Å². The first-order valence-electron chi connectivity index (χ1n) is 3.98. The summed E-state index contributed by atoms with van der Waals surface area (Å²) in [6.45, 7) is -0.117. The zero-order valence-corrected chi connectivity index (χ0v) is 7.58. The summed E-state index contributed by atoms with van der Waals surface area (Å²) in [5, 5.41) is 8.66. The summed E-state index contributed by atoms with van der Waals surface area (Å²) in [5.41, 5.74) is 9.39. The Labute approximate surface area is 83.7 Å². The topological polar surface area (TPSA) is 102 Å². The number of carboxylic acid groups (broad SMARTS) is 1. The van der Waals surface area contributed by atoms with E-state index in [1.165, 1.54) is 0 Å². The number of pyridine rings is 1. The highest BCUT2D eigenvalue weighted by atomic mass is 19.3. The summed E-state index contributed by atoms with van der Waals surface area (Å²) in [5.74, 6) is -1.45. The third-order valence-electron chi connectivity index (χ3n) is 1.81. The Hall–Kier alpha value is -1.76. The molecule has 0 aromatic carbocycles. The van der Waals surface area contributed by atoms with E-state index in [0.29, 0.717) is 0 Å². The number of halogens is 2. The van der Waals surface area contributed by atoms with Gasteiger partial charge in [-0.1, -0.05) is 0 Å². The third kappa shape index (κ3) is 2.18. The van der Waals surface area contributed by atoms with Crippen LogP contribution < -0.4 is 11.5 Å². The van der Waals surface area contributed by atoms with Crippen molar-refractivity contribution in [3.63, 3.8) is 0 Å². The van der Waals surface area contributed by atoms with Gasteiger partial charge in [-0.3, -0.25) is 0 Å². The molecule has 0 fully saturated rings. The number of hydrogen-bond acceptors (Lipinski definition) is 4. The van der Waals surface area contributed by atoms with Gasteiger partial charge in [0.15, 0.2) is 5.69 Å². The molecule has 1 aromatic rings.